The number of nitrogens with zero attached hydrogens (tertiary/aromatic N) is 5. The van der Waals surface area contributed by atoms with Crippen LogP contribution in [0.5, 0.6) is 17.6 Å². The normalized spacial score (nSPS) is 11.0. The van der Waals surface area contributed by atoms with Crippen LogP contribution in [0, 0.1) is 15.9 Å². The Balaban J connectivity index is 1.39. The van der Waals surface area contributed by atoms with Crippen molar-refractivity contribution in [2.24, 2.45) is 0 Å². The smallest absolute Gasteiger partial charge is 0.321 e. The monoisotopic (exact) mass is 573 g/mol. The van der Waals surface area contributed by atoms with Crippen LogP contribution >= 0.6 is 0 Å². The number of aromatic nitrogens is 4. The van der Waals surface area contributed by atoms with Crippen molar-refractivity contribution < 1.29 is 36.7 Å². The standard InChI is InChI=1S/C23H20FN7O8S/c1-37-21-12-20(26-23(27-21)38-2)29-40(35,36)16-6-4-15(5-7-16)25-22(32)17-9-10-30(28-17)13-39-19-11-14(24)3-8-18(19)31(33)34/h3-12H,13H2,1-2H3,(H,25,32)(H,26,27,29). The average molecular weight is 574 g/mol. The molecule has 15 nitrogen and oxygen atoms in total. The minimum absolute atomic E-state index is 0.0256. The number of amides is 1. The highest BCUT2D eigenvalue weighted by Gasteiger charge is 2.19. The van der Waals surface area contributed by atoms with Gasteiger partial charge in [0.15, 0.2) is 18.2 Å². The van der Waals surface area contributed by atoms with Gasteiger partial charge in [0.25, 0.3) is 15.9 Å². The molecule has 0 aliphatic carbocycles. The van der Waals surface area contributed by atoms with Gasteiger partial charge >= 0.3 is 11.7 Å². The third kappa shape index (κ3) is 6.57. The Morgan fingerprint density at radius 3 is 2.50 bits per heavy atom. The second-order valence-corrected chi connectivity index (χ2v) is 9.43. The predicted molar refractivity (Wildman–Crippen MR) is 136 cm³/mol. The molecule has 0 aliphatic heterocycles. The number of nitro groups is 1. The first-order valence-corrected chi connectivity index (χ1v) is 12.6. The number of methoxy groups -OCH3 is 2. The molecule has 0 fully saturated rings. The molecule has 0 saturated carbocycles. The first kappa shape index (κ1) is 27.7. The lowest BCUT2D eigenvalue weighted by Crippen LogP contribution is -2.16. The number of nitro benzene ring substituents is 1. The quantitative estimate of drug-likeness (QED) is 0.198. The maximum absolute atomic E-state index is 13.5. The topological polar surface area (TPSA) is 190 Å². The molecular formula is C23H20FN7O8S. The third-order valence-electron chi connectivity index (χ3n) is 5.08. The highest BCUT2D eigenvalue weighted by Crippen LogP contribution is 2.28. The Labute approximate surface area is 225 Å². The number of hydrogen-bond acceptors (Lipinski definition) is 11. The van der Waals surface area contributed by atoms with Gasteiger partial charge in [-0.1, -0.05) is 0 Å². The van der Waals surface area contributed by atoms with Crippen LogP contribution in [0.1, 0.15) is 10.5 Å². The molecule has 4 aromatic rings. The second kappa shape index (κ2) is 11.6. The van der Waals surface area contributed by atoms with Gasteiger partial charge in [0, 0.05) is 30.1 Å². The van der Waals surface area contributed by atoms with E-state index in [2.05, 4.69) is 25.1 Å². The minimum Gasteiger partial charge on any atom is -0.481 e. The number of carbonyl (C=O) groups excluding carboxylic acids is 1. The van der Waals surface area contributed by atoms with Gasteiger partial charge in [0.1, 0.15) is 5.82 Å². The molecule has 0 bridgehead atoms. The number of halogens is 1. The van der Waals surface area contributed by atoms with Gasteiger partial charge in [-0.15, -0.1) is 0 Å². The Hall–Kier alpha value is -5.32. The van der Waals surface area contributed by atoms with Crippen molar-refractivity contribution in [3.63, 3.8) is 0 Å². The van der Waals surface area contributed by atoms with Gasteiger partial charge < -0.3 is 19.5 Å². The van der Waals surface area contributed by atoms with Crippen molar-refractivity contribution in [2.45, 2.75) is 11.6 Å². The first-order valence-electron chi connectivity index (χ1n) is 11.1. The first-order chi connectivity index (χ1) is 19.1. The molecule has 0 saturated heterocycles. The summed E-state index contributed by atoms with van der Waals surface area (Å²) in [7, 11) is -1.38. The number of sulfonamides is 1. The van der Waals surface area contributed by atoms with Gasteiger partial charge in [-0.25, -0.2) is 17.5 Å². The predicted octanol–water partition coefficient (Wildman–Crippen LogP) is 2.83. The Morgan fingerprint density at radius 1 is 1.07 bits per heavy atom. The molecule has 2 heterocycles. The van der Waals surface area contributed by atoms with Gasteiger partial charge in [0.2, 0.25) is 11.6 Å². The summed E-state index contributed by atoms with van der Waals surface area (Å²) < 4.78 is 57.7. The average Bonchev–Trinajstić information content (AvgIpc) is 3.41. The summed E-state index contributed by atoms with van der Waals surface area (Å²) >= 11 is 0. The van der Waals surface area contributed by atoms with Crippen molar-refractivity contribution >= 4 is 33.1 Å². The van der Waals surface area contributed by atoms with Gasteiger partial charge in [0.05, 0.1) is 24.0 Å². The lowest BCUT2D eigenvalue weighted by Gasteiger charge is -2.10. The molecule has 0 radical (unpaired) electrons. The molecule has 0 unspecified atom stereocenters. The molecular weight excluding hydrogens is 553 g/mol. The molecule has 17 heteroatoms. The van der Waals surface area contributed by atoms with Crippen LogP contribution in [0.25, 0.3) is 0 Å². The molecule has 0 spiro atoms. The number of anilines is 2. The molecule has 1 amide bonds. The van der Waals surface area contributed by atoms with E-state index in [9.17, 15) is 27.7 Å². The number of ether oxygens (including phenoxy) is 3. The van der Waals surface area contributed by atoms with Crippen molar-refractivity contribution in [1.82, 2.24) is 19.7 Å². The zero-order valence-electron chi connectivity index (χ0n) is 20.8. The van der Waals surface area contributed by atoms with E-state index < -0.39 is 32.4 Å². The molecule has 2 aromatic heterocycles. The van der Waals surface area contributed by atoms with Gasteiger partial charge in [-0.3, -0.25) is 19.6 Å². The highest BCUT2D eigenvalue weighted by atomic mass is 32.2. The maximum Gasteiger partial charge on any atom is 0.321 e. The third-order valence-corrected chi connectivity index (χ3v) is 6.45. The Kier molecular flexibility index (Phi) is 8.04. The molecule has 2 aromatic carbocycles. The fourth-order valence-electron chi connectivity index (χ4n) is 3.21. The van der Waals surface area contributed by atoms with E-state index in [-0.39, 0.29) is 46.5 Å². The van der Waals surface area contributed by atoms with E-state index >= 15 is 0 Å². The number of hydrogen-bond donors (Lipinski definition) is 2. The van der Waals surface area contributed by atoms with Crippen LogP contribution in [0.4, 0.5) is 21.6 Å². The molecule has 208 valence electrons. The SMILES string of the molecule is COc1cc(NS(=O)(=O)c2ccc(NC(=O)c3ccn(COc4cc(F)ccc4[N+](=O)[O-])n3)cc2)nc(OC)n1. The van der Waals surface area contributed by atoms with E-state index in [0.717, 1.165) is 18.2 Å². The Bertz CT molecular complexity index is 1640. The summed E-state index contributed by atoms with van der Waals surface area (Å²) in [5.74, 6) is -1.62. The summed E-state index contributed by atoms with van der Waals surface area (Å²) in [5, 5.41) is 17.7. The summed E-state index contributed by atoms with van der Waals surface area (Å²) in [5.41, 5.74) is -0.179. The van der Waals surface area contributed by atoms with Crippen LogP contribution in [-0.4, -0.2) is 53.2 Å². The van der Waals surface area contributed by atoms with Crippen LogP contribution in [0.2, 0.25) is 0 Å². The minimum atomic E-state index is -4.06. The summed E-state index contributed by atoms with van der Waals surface area (Å²) in [4.78, 5) is 30.7. The summed E-state index contributed by atoms with van der Waals surface area (Å²) in [6.07, 6.45) is 1.39. The number of benzene rings is 2. The molecule has 40 heavy (non-hydrogen) atoms. The number of carbonyl (C=O) groups is 1. The zero-order chi connectivity index (χ0) is 28.9. The van der Waals surface area contributed by atoms with E-state index in [1.54, 1.807) is 0 Å². The van der Waals surface area contributed by atoms with Crippen molar-refractivity contribution in [3.8, 4) is 17.6 Å². The molecule has 4 rings (SSSR count). The number of rotatable bonds is 11. The van der Waals surface area contributed by atoms with Crippen molar-refractivity contribution in [1.29, 1.82) is 0 Å². The zero-order valence-corrected chi connectivity index (χ0v) is 21.6. The van der Waals surface area contributed by atoms with Gasteiger partial charge in [-0.05, 0) is 36.4 Å². The van der Waals surface area contributed by atoms with Crippen LogP contribution in [0.15, 0.2) is 65.7 Å². The van der Waals surface area contributed by atoms with E-state index in [0.29, 0.717) is 0 Å². The van der Waals surface area contributed by atoms with Crippen LogP contribution < -0.4 is 24.2 Å². The van der Waals surface area contributed by atoms with E-state index in [1.807, 2.05) is 0 Å². The second-order valence-electron chi connectivity index (χ2n) is 7.75. The lowest BCUT2D eigenvalue weighted by molar-refractivity contribution is -0.386. The maximum atomic E-state index is 13.5. The fourth-order valence-corrected chi connectivity index (χ4v) is 4.20. The lowest BCUT2D eigenvalue weighted by atomic mass is 10.3. The fraction of sp³-hybridized carbons (Fsp3) is 0.130. The van der Waals surface area contributed by atoms with Crippen LogP contribution in [-0.2, 0) is 16.8 Å². The van der Waals surface area contributed by atoms with E-state index in [4.69, 9.17) is 14.2 Å². The number of nitrogens with one attached hydrogen (secondary N) is 2. The summed E-state index contributed by atoms with van der Waals surface area (Å²) in [6, 6.07) is 10.6. The van der Waals surface area contributed by atoms with Crippen molar-refractivity contribution in [2.75, 3.05) is 24.3 Å². The molecule has 2 N–H and O–H groups in total. The molecule has 0 aliphatic rings. The van der Waals surface area contributed by atoms with E-state index in [1.165, 1.54) is 61.5 Å². The Morgan fingerprint density at radius 2 is 1.82 bits per heavy atom. The molecule has 0 atom stereocenters. The highest BCUT2D eigenvalue weighted by molar-refractivity contribution is 7.92. The van der Waals surface area contributed by atoms with Gasteiger partial charge in [-0.2, -0.15) is 15.1 Å². The van der Waals surface area contributed by atoms with Crippen LogP contribution in [0.3, 0.4) is 0 Å². The summed E-state index contributed by atoms with van der Waals surface area (Å²) in [6.45, 7) is -0.332. The van der Waals surface area contributed by atoms with Crippen molar-refractivity contribution in [3.05, 3.63) is 82.4 Å². The largest absolute Gasteiger partial charge is 0.481 e.